The van der Waals surface area contributed by atoms with Crippen LogP contribution in [0.25, 0.3) is 21.8 Å². The van der Waals surface area contributed by atoms with E-state index < -0.39 is 0 Å². The Hall–Kier alpha value is -2.17. The molecule has 0 fully saturated rings. The summed E-state index contributed by atoms with van der Waals surface area (Å²) < 4.78 is 0.571. The average molecular weight is 326 g/mol. The molecule has 0 aliphatic heterocycles. The summed E-state index contributed by atoms with van der Waals surface area (Å²) in [6.07, 6.45) is 1.81. The average Bonchev–Trinajstić information content (AvgIpc) is 2.97. The van der Waals surface area contributed by atoms with Crippen molar-refractivity contribution < 1.29 is 0 Å². The van der Waals surface area contributed by atoms with Gasteiger partial charge >= 0.3 is 0 Å². The summed E-state index contributed by atoms with van der Waals surface area (Å²) >= 11 is 7.40. The molecule has 0 unspecified atom stereocenters. The number of aromatic nitrogens is 2. The van der Waals surface area contributed by atoms with E-state index in [9.17, 15) is 0 Å². The van der Waals surface area contributed by atoms with Crippen LogP contribution in [0.2, 0.25) is 4.47 Å². The van der Waals surface area contributed by atoms with Gasteiger partial charge in [-0.3, -0.25) is 0 Å². The first-order chi connectivity index (χ1) is 10.8. The molecule has 0 atom stereocenters. The number of hydrogen-bond donors (Lipinski definition) is 1. The first kappa shape index (κ1) is 13.5. The Morgan fingerprint density at radius 2 is 1.59 bits per heavy atom. The molecule has 0 aliphatic carbocycles. The zero-order valence-corrected chi connectivity index (χ0v) is 13.2. The maximum atomic E-state index is 5.90. The molecule has 0 spiro atoms. The Balaban J connectivity index is 1.84. The van der Waals surface area contributed by atoms with Crippen molar-refractivity contribution in [2.24, 2.45) is 0 Å². The Morgan fingerprint density at radius 1 is 0.955 bits per heavy atom. The van der Waals surface area contributed by atoms with E-state index >= 15 is 0 Å². The van der Waals surface area contributed by atoms with Crippen molar-refractivity contribution in [3.63, 3.8) is 0 Å². The van der Waals surface area contributed by atoms with Crippen LogP contribution in [0.5, 0.6) is 0 Å². The molecule has 2 aromatic heterocycles. The van der Waals surface area contributed by atoms with Gasteiger partial charge in [0.05, 0.1) is 23.3 Å². The lowest BCUT2D eigenvalue weighted by atomic mass is 10.1. The van der Waals surface area contributed by atoms with Gasteiger partial charge in [-0.25, -0.2) is 9.97 Å². The number of thiazole rings is 1. The molecule has 3 nitrogen and oxygen atoms in total. The third-order valence-electron chi connectivity index (χ3n) is 3.55. The molecule has 1 N–H and O–H groups in total. The van der Waals surface area contributed by atoms with Gasteiger partial charge in [0.15, 0.2) is 4.47 Å². The van der Waals surface area contributed by atoms with Gasteiger partial charge in [0.2, 0.25) is 0 Å². The number of benzene rings is 2. The number of para-hydroxylation sites is 2. The van der Waals surface area contributed by atoms with Crippen LogP contribution in [0.4, 0.5) is 5.69 Å². The van der Waals surface area contributed by atoms with Gasteiger partial charge < -0.3 is 5.32 Å². The van der Waals surface area contributed by atoms with E-state index in [2.05, 4.69) is 22.4 Å². The molecule has 0 bridgehead atoms. The predicted octanol–water partition coefficient (Wildman–Crippen LogP) is 5.11. The van der Waals surface area contributed by atoms with Crippen LogP contribution < -0.4 is 5.32 Å². The van der Waals surface area contributed by atoms with Crippen LogP contribution in [0, 0.1) is 0 Å². The highest BCUT2D eigenvalue weighted by Gasteiger charge is 2.09. The monoisotopic (exact) mass is 325 g/mol. The Labute approximate surface area is 136 Å². The Morgan fingerprint density at radius 3 is 2.18 bits per heavy atom. The normalized spacial score (nSPS) is 11.1. The summed E-state index contributed by atoms with van der Waals surface area (Å²) in [5.41, 5.74) is 3.09. The quantitative estimate of drug-likeness (QED) is 0.532. The fourth-order valence-corrected chi connectivity index (χ4v) is 3.49. The number of rotatable bonds is 3. The van der Waals surface area contributed by atoms with Crippen molar-refractivity contribution in [3.8, 4) is 0 Å². The van der Waals surface area contributed by atoms with Crippen LogP contribution in [0.3, 0.4) is 0 Å². The molecule has 0 amide bonds. The zero-order chi connectivity index (χ0) is 14.9. The molecular formula is C17H12ClN3S. The van der Waals surface area contributed by atoms with Crippen LogP contribution in [-0.4, -0.2) is 9.97 Å². The fourth-order valence-electron chi connectivity index (χ4n) is 2.57. The SMILES string of the molecule is Clc1ncc(CNc2c3ccccc3nc3ccccc23)s1. The van der Waals surface area contributed by atoms with Crippen molar-refractivity contribution in [2.75, 3.05) is 5.32 Å². The summed E-state index contributed by atoms with van der Waals surface area (Å²) in [5, 5.41) is 5.78. The molecule has 0 radical (unpaired) electrons. The van der Waals surface area contributed by atoms with E-state index in [1.165, 1.54) is 11.3 Å². The van der Waals surface area contributed by atoms with Crippen molar-refractivity contribution in [1.82, 2.24) is 9.97 Å². The summed E-state index contributed by atoms with van der Waals surface area (Å²) in [6, 6.07) is 16.4. The molecule has 4 rings (SSSR count). The fraction of sp³-hybridized carbons (Fsp3) is 0.0588. The lowest BCUT2D eigenvalue weighted by molar-refractivity contribution is 1.18. The minimum absolute atomic E-state index is 0.571. The van der Waals surface area contributed by atoms with E-state index in [-0.39, 0.29) is 0 Å². The van der Waals surface area contributed by atoms with Gasteiger partial charge in [-0.15, -0.1) is 11.3 Å². The number of halogens is 1. The van der Waals surface area contributed by atoms with Crippen LogP contribution in [0.1, 0.15) is 4.88 Å². The van der Waals surface area contributed by atoms with E-state index in [4.69, 9.17) is 16.6 Å². The lowest BCUT2D eigenvalue weighted by Gasteiger charge is -2.12. The van der Waals surface area contributed by atoms with E-state index in [0.717, 1.165) is 32.4 Å². The third kappa shape index (κ3) is 2.40. The van der Waals surface area contributed by atoms with Crippen LogP contribution in [-0.2, 0) is 6.54 Å². The molecule has 4 aromatic rings. The maximum Gasteiger partial charge on any atom is 0.183 e. The lowest BCUT2D eigenvalue weighted by Crippen LogP contribution is -2.00. The van der Waals surface area contributed by atoms with Crippen molar-refractivity contribution in [2.45, 2.75) is 6.54 Å². The highest BCUT2D eigenvalue weighted by atomic mass is 35.5. The number of hydrogen-bond acceptors (Lipinski definition) is 4. The molecule has 5 heteroatoms. The van der Waals surface area contributed by atoms with Crippen molar-refractivity contribution in [1.29, 1.82) is 0 Å². The number of nitrogens with zero attached hydrogens (tertiary/aromatic N) is 2. The third-order valence-corrected chi connectivity index (χ3v) is 4.67. The molecule has 2 heterocycles. The van der Waals surface area contributed by atoms with E-state index in [0.29, 0.717) is 11.0 Å². The molecule has 22 heavy (non-hydrogen) atoms. The van der Waals surface area contributed by atoms with Crippen molar-refractivity contribution >= 4 is 50.4 Å². The molecule has 2 aromatic carbocycles. The zero-order valence-electron chi connectivity index (χ0n) is 11.6. The largest absolute Gasteiger partial charge is 0.379 e. The summed E-state index contributed by atoms with van der Waals surface area (Å²) in [4.78, 5) is 9.92. The number of pyridine rings is 1. The minimum Gasteiger partial charge on any atom is -0.379 e. The topological polar surface area (TPSA) is 37.8 Å². The molecule has 0 saturated carbocycles. The predicted molar refractivity (Wildman–Crippen MR) is 93.7 cm³/mol. The van der Waals surface area contributed by atoms with Gasteiger partial charge in [-0.1, -0.05) is 48.0 Å². The second-order valence-electron chi connectivity index (χ2n) is 4.95. The van der Waals surface area contributed by atoms with Gasteiger partial charge in [0, 0.05) is 21.8 Å². The van der Waals surface area contributed by atoms with Gasteiger partial charge in [0.1, 0.15) is 0 Å². The highest BCUT2D eigenvalue weighted by molar-refractivity contribution is 7.15. The van der Waals surface area contributed by atoms with Gasteiger partial charge in [-0.2, -0.15) is 0 Å². The van der Waals surface area contributed by atoms with Gasteiger partial charge in [0.25, 0.3) is 0 Å². The molecule has 0 saturated heterocycles. The second-order valence-corrected chi connectivity index (χ2v) is 6.65. The number of anilines is 1. The van der Waals surface area contributed by atoms with Crippen LogP contribution >= 0.6 is 22.9 Å². The Bertz CT molecular complexity index is 910. The first-order valence-corrected chi connectivity index (χ1v) is 8.12. The summed E-state index contributed by atoms with van der Waals surface area (Å²) in [6.45, 7) is 0.697. The smallest absolute Gasteiger partial charge is 0.183 e. The van der Waals surface area contributed by atoms with E-state index in [1.807, 2.05) is 42.6 Å². The summed E-state index contributed by atoms with van der Waals surface area (Å²) in [7, 11) is 0. The standard InChI is InChI=1S/C17H12ClN3S/c18-17-20-10-11(22-17)9-19-16-12-5-1-3-7-14(12)21-15-8-4-2-6-13(15)16/h1-8,10H,9H2,(H,19,21). The number of nitrogens with one attached hydrogen (secondary N) is 1. The van der Waals surface area contributed by atoms with E-state index in [1.54, 1.807) is 0 Å². The Kier molecular flexibility index (Phi) is 3.41. The summed E-state index contributed by atoms with van der Waals surface area (Å²) in [5.74, 6) is 0. The van der Waals surface area contributed by atoms with Crippen molar-refractivity contribution in [3.05, 3.63) is 64.1 Å². The molecule has 0 aliphatic rings. The van der Waals surface area contributed by atoms with Gasteiger partial charge in [-0.05, 0) is 12.1 Å². The molecular weight excluding hydrogens is 314 g/mol. The maximum absolute atomic E-state index is 5.90. The number of fused-ring (bicyclic) bond motifs is 2. The minimum atomic E-state index is 0.571. The first-order valence-electron chi connectivity index (χ1n) is 6.93. The molecule has 108 valence electrons. The van der Waals surface area contributed by atoms with Crippen LogP contribution in [0.15, 0.2) is 54.7 Å². The second kappa shape index (κ2) is 5.55. The highest BCUT2D eigenvalue weighted by Crippen LogP contribution is 2.31.